The summed E-state index contributed by atoms with van der Waals surface area (Å²) in [7, 11) is 0. The number of nitrogens with one attached hydrogen (secondary N) is 3. The normalized spacial score (nSPS) is 15.3. The number of rotatable bonds is 6. The van der Waals surface area contributed by atoms with Gasteiger partial charge in [0.15, 0.2) is 5.82 Å². The van der Waals surface area contributed by atoms with Crippen LogP contribution < -0.4 is 5.32 Å². The van der Waals surface area contributed by atoms with E-state index in [1.54, 1.807) is 0 Å². The summed E-state index contributed by atoms with van der Waals surface area (Å²) in [5.74, 6) is 0.759. The summed E-state index contributed by atoms with van der Waals surface area (Å²) in [6.07, 6.45) is 1.10. The van der Waals surface area contributed by atoms with Crippen molar-refractivity contribution in [3.63, 3.8) is 0 Å². The fourth-order valence-corrected chi connectivity index (χ4v) is 4.00. The molecular weight excluding hydrogens is 388 g/mol. The van der Waals surface area contributed by atoms with Crippen molar-refractivity contribution in [2.45, 2.75) is 6.42 Å². The molecule has 0 unspecified atom stereocenters. The van der Waals surface area contributed by atoms with Crippen LogP contribution in [0.2, 0.25) is 5.02 Å². The Balaban J connectivity index is 1.29. The zero-order valence-corrected chi connectivity index (χ0v) is 16.8. The second kappa shape index (κ2) is 8.02. The predicted molar refractivity (Wildman–Crippen MR) is 117 cm³/mol. The molecule has 0 spiro atoms. The molecule has 0 aliphatic carbocycles. The Kier molecular flexibility index (Phi) is 5.10. The number of benzene rings is 2. The fourth-order valence-electron chi connectivity index (χ4n) is 3.78. The van der Waals surface area contributed by atoms with Crippen molar-refractivity contribution < 1.29 is 4.74 Å². The molecule has 0 amide bonds. The number of aromatic amines is 2. The lowest BCUT2D eigenvalue weighted by Gasteiger charge is -2.26. The molecule has 1 fully saturated rings. The number of anilines is 1. The second-order valence-electron chi connectivity index (χ2n) is 7.29. The molecule has 0 atom stereocenters. The average molecular weight is 411 g/mol. The summed E-state index contributed by atoms with van der Waals surface area (Å²) >= 11 is 6.24. The maximum absolute atomic E-state index is 6.24. The molecular formula is C21H23ClN6O. The number of hydrogen-bond acceptors (Lipinski definition) is 5. The minimum absolute atomic E-state index is 0.629. The van der Waals surface area contributed by atoms with Crippen LogP contribution in [0, 0.1) is 0 Å². The summed E-state index contributed by atoms with van der Waals surface area (Å²) in [5.41, 5.74) is 4.60. The first-order chi connectivity index (χ1) is 14.3. The Bertz CT molecular complexity index is 1130. The van der Waals surface area contributed by atoms with Crippen molar-refractivity contribution in [2.75, 3.05) is 44.7 Å². The summed E-state index contributed by atoms with van der Waals surface area (Å²) in [6, 6.07) is 12.0. The van der Waals surface area contributed by atoms with Crippen LogP contribution in [0.25, 0.3) is 33.5 Å². The molecule has 7 nitrogen and oxygen atoms in total. The fraction of sp³-hybridized carbons (Fsp3) is 0.333. The van der Waals surface area contributed by atoms with E-state index in [2.05, 4.69) is 37.5 Å². The standard InChI is InChI=1S/C21H23ClN6O/c22-16-4-1-3-15-19(16)26-27-20(15)21-24-17-6-5-14(13-18(17)25-21)23-7-2-8-28-9-11-29-12-10-28/h1,3-6,13,23H,2,7-12H2,(H,24,25)(H,26,27). The van der Waals surface area contributed by atoms with Crippen LogP contribution >= 0.6 is 11.6 Å². The molecule has 0 saturated carbocycles. The zero-order valence-electron chi connectivity index (χ0n) is 16.0. The van der Waals surface area contributed by atoms with Crippen LogP contribution in [-0.2, 0) is 4.74 Å². The van der Waals surface area contributed by atoms with E-state index in [0.29, 0.717) is 5.02 Å². The quantitative estimate of drug-likeness (QED) is 0.420. The van der Waals surface area contributed by atoms with Crippen LogP contribution in [0.5, 0.6) is 0 Å². The minimum Gasteiger partial charge on any atom is -0.385 e. The third-order valence-corrected chi connectivity index (χ3v) is 5.64. The van der Waals surface area contributed by atoms with Crippen molar-refractivity contribution in [1.82, 2.24) is 25.1 Å². The zero-order chi connectivity index (χ0) is 19.6. The molecule has 1 saturated heterocycles. The first-order valence-corrected chi connectivity index (χ1v) is 10.3. The Morgan fingerprint density at radius 3 is 2.97 bits per heavy atom. The number of fused-ring (bicyclic) bond motifs is 2. The van der Waals surface area contributed by atoms with Crippen molar-refractivity contribution in [3.8, 4) is 11.5 Å². The van der Waals surface area contributed by atoms with E-state index in [9.17, 15) is 0 Å². The van der Waals surface area contributed by atoms with Gasteiger partial charge in [-0.05, 0) is 37.2 Å². The molecule has 5 rings (SSSR count). The van der Waals surface area contributed by atoms with E-state index in [4.69, 9.17) is 21.3 Å². The van der Waals surface area contributed by atoms with Gasteiger partial charge in [0.05, 0.1) is 29.3 Å². The lowest BCUT2D eigenvalue weighted by Crippen LogP contribution is -2.37. The highest BCUT2D eigenvalue weighted by Gasteiger charge is 2.14. The molecule has 1 aliphatic rings. The highest BCUT2D eigenvalue weighted by atomic mass is 35.5. The van der Waals surface area contributed by atoms with Gasteiger partial charge in [-0.3, -0.25) is 10.00 Å². The minimum atomic E-state index is 0.629. The maximum Gasteiger partial charge on any atom is 0.157 e. The smallest absolute Gasteiger partial charge is 0.157 e. The van der Waals surface area contributed by atoms with Gasteiger partial charge in [0, 0.05) is 30.7 Å². The van der Waals surface area contributed by atoms with E-state index in [1.165, 1.54) is 0 Å². The van der Waals surface area contributed by atoms with E-state index < -0.39 is 0 Å². The Hall–Kier alpha value is -2.61. The SMILES string of the molecule is Clc1cccc2c(-c3nc4ccc(NCCCN5CCOCC5)cc4[nH]3)[nH]nc12. The summed E-state index contributed by atoms with van der Waals surface area (Å²) in [4.78, 5) is 10.6. The van der Waals surface area contributed by atoms with Crippen LogP contribution in [-0.4, -0.2) is 64.5 Å². The van der Waals surface area contributed by atoms with Crippen molar-refractivity contribution in [3.05, 3.63) is 41.4 Å². The van der Waals surface area contributed by atoms with E-state index in [-0.39, 0.29) is 0 Å². The van der Waals surface area contributed by atoms with Crippen molar-refractivity contribution >= 4 is 39.2 Å². The molecule has 29 heavy (non-hydrogen) atoms. The molecule has 150 valence electrons. The molecule has 2 aromatic carbocycles. The number of ether oxygens (including phenoxy) is 1. The van der Waals surface area contributed by atoms with Gasteiger partial charge < -0.3 is 15.0 Å². The Labute approximate surface area is 173 Å². The summed E-state index contributed by atoms with van der Waals surface area (Å²) in [5, 5.41) is 12.5. The summed E-state index contributed by atoms with van der Waals surface area (Å²) < 4.78 is 5.40. The third-order valence-electron chi connectivity index (χ3n) is 5.34. The molecule has 2 aromatic heterocycles. The second-order valence-corrected chi connectivity index (χ2v) is 7.69. The monoisotopic (exact) mass is 410 g/mol. The van der Waals surface area contributed by atoms with Gasteiger partial charge in [-0.1, -0.05) is 23.7 Å². The van der Waals surface area contributed by atoms with Gasteiger partial charge in [-0.15, -0.1) is 0 Å². The average Bonchev–Trinajstić information content (AvgIpc) is 3.36. The lowest BCUT2D eigenvalue weighted by atomic mass is 10.2. The number of halogens is 1. The predicted octanol–water partition coefficient (Wildman–Crippen LogP) is 3.89. The number of morpholine rings is 1. The number of nitrogens with zero attached hydrogens (tertiary/aromatic N) is 3. The van der Waals surface area contributed by atoms with E-state index >= 15 is 0 Å². The molecule has 1 aliphatic heterocycles. The van der Waals surface area contributed by atoms with Crippen LogP contribution in [0.15, 0.2) is 36.4 Å². The molecule has 3 heterocycles. The third kappa shape index (κ3) is 3.81. The van der Waals surface area contributed by atoms with Crippen LogP contribution in [0.1, 0.15) is 6.42 Å². The molecule has 4 aromatic rings. The van der Waals surface area contributed by atoms with Gasteiger partial charge in [0.2, 0.25) is 0 Å². The molecule has 3 N–H and O–H groups in total. The van der Waals surface area contributed by atoms with Gasteiger partial charge in [0.1, 0.15) is 11.2 Å². The lowest BCUT2D eigenvalue weighted by molar-refractivity contribution is 0.0378. The van der Waals surface area contributed by atoms with Crippen molar-refractivity contribution in [2.24, 2.45) is 0 Å². The molecule has 8 heteroatoms. The van der Waals surface area contributed by atoms with Gasteiger partial charge in [0.25, 0.3) is 0 Å². The van der Waals surface area contributed by atoms with Gasteiger partial charge in [-0.25, -0.2) is 4.98 Å². The van der Waals surface area contributed by atoms with Crippen LogP contribution in [0.4, 0.5) is 5.69 Å². The van der Waals surface area contributed by atoms with Gasteiger partial charge >= 0.3 is 0 Å². The molecule has 0 radical (unpaired) electrons. The van der Waals surface area contributed by atoms with E-state index in [1.807, 2.05) is 24.3 Å². The highest BCUT2D eigenvalue weighted by Crippen LogP contribution is 2.30. The number of aromatic nitrogens is 4. The molecule has 0 bridgehead atoms. The topological polar surface area (TPSA) is 81.9 Å². The highest BCUT2D eigenvalue weighted by molar-refractivity contribution is 6.35. The largest absolute Gasteiger partial charge is 0.385 e. The number of imidazole rings is 1. The summed E-state index contributed by atoms with van der Waals surface area (Å²) in [6.45, 7) is 5.82. The Morgan fingerprint density at radius 2 is 2.07 bits per heavy atom. The van der Waals surface area contributed by atoms with Crippen LogP contribution in [0.3, 0.4) is 0 Å². The number of H-pyrrole nitrogens is 2. The van der Waals surface area contributed by atoms with Gasteiger partial charge in [-0.2, -0.15) is 5.10 Å². The van der Waals surface area contributed by atoms with Crippen molar-refractivity contribution in [1.29, 1.82) is 0 Å². The first kappa shape index (κ1) is 18.4. The number of para-hydroxylation sites is 1. The Morgan fingerprint density at radius 1 is 1.17 bits per heavy atom. The maximum atomic E-state index is 6.24. The number of hydrogen-bond donors (Lipinski definition) is 3. The first-order valence-electron chi connectivity index (χ1n) is 9.95. The van der Waals surface area contributed by atoms with E-state index in [0.717, 1.165) is 85.0 Å².